The molecule has 5 heteroatoms. The van der Waals surface area contributed by atoms with E-state index < -0.39 is 0 Å². The van der Waals surface area contributed by atoms with Crippen LogP contribution in [0.3, 0.4) is 0 Å². The van der Waals surface area contributed by atoms with Gasteiger partial charge in [-0.15, -0.1) is 11.3 Å². The Labute approximate surface area is 125 Å². The summed E-state index contributed by atoms with van der Waals surface area (Å²) in [6.07, 6.45) is 3.14. The molecule has 0 aliphatic carbocycles. The minimum Gasteiger partial charge on any atom is -0.329 e. The molecule has 2 rings (SSSR count). The van der Waals surface area contributed by atoms with Gasteiger partial charge in [-0.05, 0) is 38.8 Å². The largest absolute Gasteiger partial charge is 0.329 e. The molecule has 0 amide bonds. The molecular formula is C15H24N4S. The van der Waals surface area contributed by atoms with Crippen LogP contribution in [0.4, 0.5) is 0 Å². The van der Waals surface area contributed by atoms with Gasteiger partial charge in [-0.1, -0.05) is 6.07 Å². The van der Waals surface area contributed by atoms with Gasteiger partial charge in [0.15, 0.2) is 0 Å². The number of hydrogen-bond donors (Lipinski definition) is 1. The van der Waals surface area contributed by atoms with Crippen molar-refractivity contribution < 1.29 is 0 Å². The third-order valence-corrected chi connectivity index (χ3v) is 4.80. The lowest BCUT2D eigenvalue weighted by Crippen LogP contribution is -2.38. The monoisotopic (exact) mass is 292 g/mol. The topological polar surface area (TPSA) is 47.1 Å². The summed E-state index contributed by atoms with van der Waals surface area (Å²) in [5.41, 5.74) is 8.32. The molecule has 2 N–H and O–H groups in total. The van der Waals surface area contributed by atoms with Gasteiger partial charge in [0.2, 0.25) is 0 Å². The van der Waals surface area contributed by atoms with Crippen molar-refractivity contribution in [2.24, 2.45) is 12.8 Å². The van der Waals surface area contributed by atoms with Crippen LogP contribution < -0.4 is 5.73 Å². The van der Waals surface area contributed by atoms with Crippen LogP contribution in [0.25, 0.3) is 0 Å². The third kappa shape index (κ3) is 3.29. The van der Waals surface area contributed by atoms with E-state index in [2.05, 4.69) is 54.6 Å². The van der Waals surface area contributed by atoms with E-state index in [1.807, 2.05) is 23.1 Å². The molecule has 2 unspecified atom stereocenters. The summed E-state index contributed by atoms with van der Waals surface area (Å²) in [5, 5.41) is 6.57. The fraction of sp³-hybridized carbons (Fsp3) is 0.533. The zero-order valence-corrected chi connectivity index (χ0v) is 13.5. The highest BCUT2D eigenvalue weighted by Crippen LogP contribution is 2.24. The van der Waals surface area contributed by atoms with Crippen molar-refractivity contribution >= 4 is 11.3 Å². The molecule has 0 aliphatic rings. The van der Waals surface area contributed by atoms with Crippen LogP contribution in [0.2, 0.25) is 0 Å². The van der Waals surface area contributed by atoms with Crippen molar-refractivity contribution in [3.8, 4) is 0 Å². The van der Waals surface area contributed by atoms with E-state index in [9.17, 15) is 0 Å². The lowest BCUT2D eigenvalue weighted by atomic mass is 10.0. The molecule has 0 fully saturated rings. The molecule has 0 radical (unpaired) electrons. The maximum atomic E-state index is 6.02. The second kappa shape index (κ2) is 6.52. The summed E-state index contributed by atoms with van der Waals surface area (Å²) >= 11 is 1.82. The summed E-state index contributed by atoms with van der Waals surface area (Å²) in [4.78, 5) is 3.78. The maximum Gasteiger partial charge on any atom is 0.0641 e. The zero-order chi connectivity index (χ0) is 14.7. The van der Waals surface area contributed by atoms with Crippen LogP contribution in [0.15, 0.2) is 23.7 Å². The van der Waals surface area contributed by atoms with Crippen molar-refractivity contribution in [1.29, 1.82) is 0 Å². The molecule has 2 aromatic heterocycles. The van der Waals surface area contributed by atoms with Crippen LogP contribution >= 0.6 is 11.3 Å². The van der Waals surface area contributed by atoms with Crippen molar-refractivity contribution in [3.05, 3.63) is 39.8 Å². The molecule has 0 spiro atoms. The van der Waals surface area contributed by atoms with E-state index in [0.717, 1.165) is 12.1 Å². The molecule has 4 nitrogen and oxygen atoms in total. The van der Waals surface area contributed by atoms with E-state index in [4.69, 9.17) is 5.73 Å². The van der Waals surface area contributed by atoms with E-state index in [-0.39, 0.29) is 6.04 Å². The molecular weight excluding hydrogens is 268 g/mol. The predicted octanol–water partition coefficient (Wildman–Crippen LogP) is 2.35. The van der Waals surface area contributed by atoms with Crippen LogP contribution in [0.1, 0.15) is 29.1 Å². The number of hydrogen-bond acceptors (Lipinski definition) is 4. The Hall–Kier alpha value is -1.17. The first kappa shape index (κ1) is 15.2. The lowest BCUT2D eigenvalue weighted by molar-refractivity contribution is 0.188. The molecule has 0 saturated heterocycles. The Bertz CT molecular complexity index is 532. The van der Waals surface area contributed by atoms with Gasteiger partial charge in [-0.25, -0.2) is 0 Å². The SMILES string of the molecule is Cc1nn(C)cc1C(CN)N(C)C(C)Cc1cccs1. The Morgan fingerprint density at radius 2 is 2.25 bits per heavy atom. The van der Waals surface area contributed by atoms with Gasteiger partial charge in [0, 0.05) is 36.3 Å². The van der Waals surface area contributed by atoms with Gasteiger partial charge in [-0.3, -0.25) is 9.58 Å². The number of aromatic nitrogens is 2. The quantitative estimate of drug-likeness (QED) is 0.889. The van der Waals surface area contributed by atoms with Crippen molar-refractivity contribution in [3.63, 3.8) is 0 Å². The van der Waals surface area contributed by atoms with Crippen LogP contribution in [0.5, 0.6) is 0 Å². The average Bonchev–Trinajstić information content (AvgIpc) is 3.01. The second-order valence-electron chi connectivity index (χ2n) is 5.39. The lowest BCUT2D eigenvalue weighted by Gasteiger charge is -2.32. The predicted molar refractivity (Wildman–Crippen MR) is 85.0 cm³/mol. The number of nitrogens with zero attached hydrogens (tertiary/aromatic N) is 3. The zero-order valence-electron chi connectivity index (χ0n) is 12.7. The normalized spacial score (nSPS) is 14.7. The number of rotatable bonds is 6. The highest BCUT2D eigenvalue weighted by Gasteiger charge is 2.23. The number of nitrogens with two attached hydrogens (primary N) is 1. The standard InChI is InChI=1S/C15H24N4S/c1-11(8-13-6-5-7-20-13)19(4)15(9-16)14-10-18(3)17-12(14)2/h5-7,10-11,15H,8-9,16H2,1-4H3. The van der Waals surface area contributed by atoms with Gasteiger partial charge < -0.3 is 5.73 Å². The first-order chi connectivity index (χ1) is 9.52. The van der Waals surface area contributed by atoms with Gasteiger partial charge in [0.05, 0.1) is 11.7 Å². The van der Waals surface area contributed by atoms with Gasteiger partial charge in [0.1, 0.15) is 0 Å². The van der Waals surface area contributed by atoms with Crippen molar-refractivity contribution in [2.75, 3.05) is 13.6 Å². The minimum absolute atomic E-state index is 0.221. The van der Waals surface area contributed by atoms with Crippen LogP contribution in [-0.4, -0.2) is 34.3 Å². The second-order valence-corrected chi connectivity index (χ2v) is 6.43. The molecule has 20 heavy (non-hydrogen) atoms. The van der Waals surface area contributed by atoms with Gasteiger partial charge in [0.25, 0.3) is 0 Å². The number of likely N-dealkylation sites (N-methyl/N-ethyl adjacent to an activating group) is 1. The maximum absolute atomic E-state index is 6.02. The van der Waals surface area contributed by atoms with Crippen molar-refractivity contribution in [1.82, 2.24) is 14.7 Å². The Balaban J connectivity index is 2.12. The molecule has 2 heterocycles. The highest BCUT2D eigenvalue weighted by atomic mass is 32.1. The fourth-order valence-electron chi connectivity index (χ4n) is 2.63. The Morgan fingerprint density at radius 3 is 2.75 bits per heavy atom. The summed E-state index contributed by atoms with van der Waals surface area (Å²) in [7, 11) is 4.11. The fourth-order valence-corrected chi connectivity index (χ4v) is 3.46. The van der Waals surface area contributed by atoms with Crippen LogP contribution in [0, 0.1) is 6.92 Å². The average molecular weight is 292 g/mol. The molecule has 0 bridgehead atoms. The smallest absolute Gasteiger partial charge is 0.0641 e. The van der Waals surface area contributed by atoms with E-state index in [1.54, 1.807) is 0 Å². The number of thiophene rings is 1. The van der Waals surface area contributed by atoms with Crippen LogP contribution in [-0.2, 0) is 13.5 Å². The molecule has 2 atom stereocenters. The summed E-state index contributed by atoms with van der Waals surface area (Å²) in [6.45, 7) is 4.92. The molecule has 0 aliphatic heterocycles. The summed E-state index contributed by atoms with van der Waals surface area (Å²) in [5.74, 6) is 0. The summed E-state index contributed by atoms with van der Waals surface area (Å²) < 4.78 is 1.87. The Morgan fingerprint density at radius 1 is 1.50 bits per heavy atom. The van der Waals surface area contributed by atoms with Gasteiger partial charge in [-0.2, -0.15) is 5.10 Å². The Kier molecular flexibility index (Phi) is 4.96. The molecule has 110 valence electrons. The van der Waals surface area contributed by atoms with Crippen molar-refractivity contribution in [2.45, 2.75) is 32.4 Å². The van der Waals surface area contributed by atoms with E-state index in [0.29, 0.717) is 12.6 Å². The van der Waals surface area contributed by atoms with E-state index in [1.165, 1.54) is 10.4 Å². The number of aryl methyl sites for hydroxylation is 2. The van der Waals surface area contributed by atoms with E-state index >= 15 is 0 Å². The molecule has 0 saturated carbocycles. The first-order valence-electron chi connectivity index (χ1n) is 6.97. The summed E-state index contributed by atoms with van der Waals surface area (Å²) in [6, 6.07) is 4.97. The molecule has 2 aromatic rings. The highest BCUT2D eigenvalue weighted by molar-refractivity contribution is 7.09. The van der Waals surface area contributed by atoms with Gasteiger partial charge >= 0.3 is 0 Å². The molecule has 0 aromatic carbocycles. The first-order valence-corrected chi connectivity index (χ1v) is 7.85. The minimum atomic E-state index is 0.221. The third-order valence-electron chi connectivity index (χ3n) is 3.90.